The van der Waals surface area contributed by atoms with Crippen LogP contribution < -0.4 is 10.6 Å². The van der Waals surface area contributed by atoms with Gasteiger partial charge in [-0.3, -0.25) is 0 Å². The Labute approximate surface area is 343 Å². The summed E-state index contributed by atoms with van der Waals surface area (Å²) in [6.07, 6.45) is 13.1. The summed E-state index contributed by atoms with van der Waals surface area (Å²) in [6, 6.07) is -1.24. The summed E-state index contributed by atoms with van der Waals surface area (Å²) in [5, 5.41) is 22.8. The monoisotopic (exact) mass is 820 g/mol. The number of ether oxygens (including phenoxy) is 6. The molecule has 0 bridgehead atoms. The molecule has 6 amide bonds. The predicted octanol–water partition coefficient (Wildman–Crippen LogP) is 6.76. The highest BCUT2D eigenvalue weighted by atomic mass is 16.6. The fourth-order valence-electron chi connectivity index (χ4n) is 5.44. The van der Waals surface area contributed by atoms with Crippen molar-refractivity contribution in [2.24, 2.45) is 0 Å². The highest BCUT2D eigenvalue weighted by Crippen LogP contribution is 2.24. The molecule has 0 heterocycles. The number of nitrogens with one attached hydrogen (secondary N) is 2. The highest BCUT2D eigenvalue weighted by Gasteiger charge is 2.37. The van der Waals surface area contributed by atoms with Crippen molar-refractivity contribution in [1.29, 1.82) is 10.5 Å². The number of esters is 2. The second-order valence-corrected chi connectivity index (χ2v) is 14.4. The van der Waals surface area contributed by atoms with Gasteiger partial charge in [-0.15, -0.1) is 0 Å². The lowest BCUT2D eigenvalue weighted by Gasteiger charge is -2.36. The molecule has 0 aromatic rings. The van der Waals surface area contributed by atoms with Crippen LogP contribution in [-0.4, -0.2) is 110 Å². The number of nitriles is 2. The Bertz CT molecular complexity index is 1370. The molecule has 0 saturated carbocycles. The van der Waals surface area contributed by atoms with Gasteiger partial charge >= 0.3 is 36.2 Å². The van der Waals surface area contributed by atoms with Crippen molar-refractivity contribution in [3.8, 4) is 12.5 Å². The molecule has 0 radical (unpaired) electrons. The molecule has 0 fully saturated rings. The van der Waals surface area contributed by atoms with E-state index in [2.05, 4.69) is 28.5 Å². The molecule has 0 spiro atoms. The third kappa shape index (κ3) is 25.6. The minimum atomic E-state index is -0.951. The average molecular weight is 821 g/mol. The first-order valence-electron chi connectivity index (χ1n) is 19.8. The molecule has 0 rings (SSSR count). The van der Waals surface area contributed by atoms with Crippen LogP contribution in [0, 0.1) is 23.0 Å². The Morgan fingerprint density at radius 1 is 0.586 bits per heavy atom. The van der Waals surface area contributed by atoms with Gasteiger partial charge in [0.1, 0.15) is 38.6 Å². The van der Waals surface area contributed by atoms with Crippen molar-refractivity contribution in [2.45, 2.75) is 129 Å². The molecule has 58 heavy (non-hydrogen) atoms. The topological polar surface area (TPSA) is 236 Å². The molecule has 18 heteroatoms. The van der Waals surface area contributed by atoms with Crippen LogP contribution in [0.1, 0.15) is 118 Å². The summed E-state index contributed by atoms with van der Waals surface area (Å²) >= 11 is 0. The Morgan fingerprint density at radius 2 is 1.07 bits per heavy atom. The summed E-state index contributed by atoms with van der Waals surface area (Å²) < 4.78 is 29.8. The maximum Gasteiger partial charge on any atom is 0.418 e. The fraction of sp³-hybridized carbons (Fsp3) is 0.700. The normalized spacial score (nSPS) is 10.7. The van der Waals surface area contributed by atoms with E-state index in [-0.39, 0.29) is 39.5 Å². The van der Waals surface area contributed by atoms with E-state index < -0.39 is 47.3 Å². The summed E-state index contributed by atoms with van der Waals surface area (Å²) in [4.78, 5) is 76.8. The first-order chi connectivity index (χ1) is 27.6. The summed E-state index contributed by atoms with van der Waals surface area (Å²) in [5.74, 6) is -1.33. The van der Waals surface area contributed by atoms with Crippen molar-refractivity contribution < 1.29 is 57.2 Å². The smallest absolute Gasteiger partial charge is 0.418 e. The minimum Gasteiger partial charge on any atom is -0.459 e. The molecule has 0 aromatic heterocycles. The lowest BCUT2D eigenvalue weighted by molar-refractivity contribution is -0.139. The molecule has 0 atom stereocenters. The quantitative estimate of drug-likeness (QED) is 0.0242. The van der Waals surface area contributed by atoms with E-state index in [1.807, 2.05) is 13.8 Å². The first kappa shape index (κ1) is 52.5. The van der Waals surface area contributed by atoms with Crippen LogP contribution in [0.5, 0.6) is 0 Å². The summed E-state index contributed by atoms with van der Waals surface area (Å²) in [6.45, 7) is 13.9. The average Bonchev–Trinajstić information content (AvgIpc) is 3.17. The van der Waals surface area contributed by atoms with E-state index in [0.29, 0.717) is 70.9 Å². The standard InChI is InChI=1S/C40H64N6O12/c1-7-33(47)54-27-29-56-37(51)45(25-19-13-14-20-26-53-31-41)35(49)43-23-17-11-9-15-21-39(3,4)46(38(52)57-30-28-55-34(48)8-2)36(50)44-24-18-12-10-16-22-40(5,6)58-32-42/h7-8H,1-2,9-30H2,3-6H3,(H,43,49)(H,44,50). The van der Waals surface area contributed by atoms with Gasteiger partial charge in [0.25, 0.3) is 12.5 Å². The lowest BCUT2D eigenvalue weighted by Crippen LogP contribution is -2.55. The van der Waals surface area contributed by atoms with Gasteiger partial charge in [-0.1, -0.05) is 51.7 Å². The van der Waals surface area contributed by atoms with Crippen LogP contribution in [0.2, 0.25) is 0 Å². The van der Waals surface area contributed by atoms with Crippen molar-refractivity contribution in [3.05, 3.63) is 25.3 Å². The molecule has 326 valence electrons. The summed E-state index contributed by atoms with van der Waals surface area (Å²) in [7, 11) is 0. The first-order valence-corrected chi connectivity index (χ1v) is 19.8. The molecule has 18 nitrogen and oxygen atoms in total. The van der Waals surface area contributed by atoms with Crippen molar-refractivity contribution >= 4 is 36.2 Å². The largest absolute Gasteiger partial charge is 0.459 e. The van der Waals surface area contributed by atoms with Crippen LogP contribution in [0.4, 0.5) is 19.2 Å². The van der Waals surface area contributed by atoms with Gasteiger partial charge in [-0.25, -0.2) is 38.6 Å². The van der Waals surface area contributed by atoms with Crippen molar-refractivity contribution in [1.82, 2.24) is 20.4 Å². The van der Waals surface area contributed by atoms with Gasteiger partial charge < -0.3 is 39.1 Å². The second-order valence-electron chi connectivity index (χ2n) is 14.4. The highest BCUT2D eigenvalue weighted by molar-refractivity contribution is 5.92. The zero-order valence-corrected chi connectivity index (χ0v) is 34.8. The number of nitrogens with zero attached hydrogens (tertiary/aromatic N) is 4. The zero-order chi connectivity index (χ0) is 43.7. The number of rotatable bonds is 31. The zero-order valence-electron chi connectivity index (χ0n) is 34.8. The van der Waals surface area contributed by atoms with Gasteiger partial charge in [0, 0.05) is 31.8 Å². The Kier molecular flexibility index (Phi) is 28.5. The van der Waals surface area contributed by atoms with Crippen molar-refractivity contribution in [2.75, 3.05) is 52.7 Å². The number of unbranched alkanes of at least 4 members (excludes halogenated alkanes) is 9. The molecular weight excluding hydrogens is 756 g/mol. The van der Waals surface area contributed by atoms with Gasteiger partial charge in [-0.05, 0) is 79.1 Å². The molecular formula is C40H64N6O12. The molecule has 0 aliphatic carbocycles. The second kappa shape index (κ2) is 31.6. The van der Waals surface area contributed by atoms with E-state index in [0.717, 1.165) is 54.1 Å². The van der Waals surface area contributed by atoms with Crippen LogP contribution in [0.25, 0.3) is 0 Å². The number of hydrogen-bond donors (Lipinski definition) is 2. The molecule has 0 unspecified atom stereocenters. The third-order valence-corrected chi connectivity index (χ3v) is 8.63. The van der Waals surface area contributed by atoms with Crippen LogP contribution in [-0.2, 0) is 38.0 Å². The van der Waals surface area contributed by atoms with Gasteiger partial charge in [-0.2, -0.15) is 10.5 Å². The molecule has 0 aliphatic rings. The SMILES string of the molecule is C=CC(=O)OCCOC(=O)N(CCCCCCOC#N)C(=O)NCCCCCCC(C)(C)N(C(=O)NCCCCCCC(C)(C)OC#N)C(=O)OCCOC(=O)C=C. The van der Waals surface area contributed by atoms with Crippen LogP contribution in [0.15, 0.2) is 25.3 Å². The lowest BCUT2D eigenvalue weighted by atomic mass is 9.94. The van der Waals surface area contributed by atoms with E-state index in [1.165, 1.54) is 0 Å². The van der Waals surface area contributed by atoms with Crippen LogP contribution >= 0.6 is 0 Å². The van der Waals surface area contributed by atoms with Gasteiger partial charge in [0.15, 0.2) is 0 Å². The number of imide groups is 2. The number of hydrogen-bond acceptors (Lipinski definition) is 14. The van der Waals surface area contributed by atoms with Crippen LogP contribution in [0.3, 0.4) is 0 Å². The molecule has 0 saturated heterocycles. The number of carbonyl (C=O) groups is 6. The van der Waals surface area contributed by atoms with E-state index in [4.69, 9.17) is 34.2 Å². The minimum absolute atomic E-state index is 0.0936. The molecule has 0 aliphatic heterocycles. The van der Waals surface area contributed by atoms with Gasteiger partial charge in [0.2, 0.25) is 0 Å². The Balaban J connectivity index is 5.09. The fourth-order valence-corrected chi connectivity index (χ4v) is 5.44. The predicted molar refractivity (Wildman–Crippen MR) is 211 cm³/mol. The number of amides is 6. The van der Waals surface area contributed by atoms with E-state index in [1.54, 1.807) is 26.4 Å². The van der Waals surface area contributed by atoms with Gasteiger partial charge in [0.05, 0.1) is 5.54 Å². The Morgan fingerprint density at radius 3 is 1.62 bits per heavy atom. The molecule has 0 aromatic carbocycles. The van der Waals surface area contributed by atoms with E-state index in [9.17, 15) is 28.8 Å². The maximum atomic E-state index is 13.4. The van der Waals surface area contributed by atoms with E-state index >= 15 is 0 Å². The van der Waals surface area contributed by atoms with Crippen molar-refractivity contribution in [3.63, 3.8) is 0 Å². The Hall–Kier alpha value is -5.52. The molecule has 2 N–H and O–H groups in total. The summed E-state index contributed by atoms with van der Waals surface area (Å²) in [5.41, 5.74) is -1.48. The third-order valence-electron chi connectivity index (χ3n) is 8.63. The number of urea groups is 2. The maximum absolute atomic E-state index is 13.4. The number of carbonyl (C=O) groups excluding carboxylic acids is 6.